The first-order valence-corrected chi connectivity index (χ1v) is 12.9. The SMILES string of the molecule is COCCN1C(=O)C2(NC(=O)COc3ccc(Cl)c(F)c3)CCC1(NC(=O)COc1ccc(Cl)c(F)c1)CC2. The molecule has 13 heteroatoms. The number of benzene rings is 2. The van der Waals surface area contributed by atoms with Crippen molar-refractivity contribution in [2.45, 2.75) is 36.9 Å². The molecule has 210 valence electrons. The lowest BCUT2D eigenvalue weighted by Gasteiger charge is -2.58. The molecule has 0 radical (unpaired) electrons. The average molecular weight is 586 g/mol. The predicted octanol–water partition coefficient (Wildman–Crippen LogP) is 3.46. The number of piperidine rings is 2. The molecule has 2 aromatic rings. The van der Waals surface area contributed by atoms with Gasteiger partial charge in [0.25, 0.3) is 11.8 Å². The Morgan fingerprint density at radius 1 is 0.897 bits per heavy atom. The van der Waals surface area contributed by atoms with Gasteiger partial charge in [0.05, 0.1) is 16.7 Å². The van der Waals surface area contributed by atoms with E-state index in [2.05, 4.69) is 10.6 Å². The number of hydrogen-bond donors (Lipinski definition) is 2. The van der Waals surface area contributed by atoms with E-state index in [4.69, 9.17) is 37.4 Å². The first-order chi connectivity index (χ1) is 18.6. The second kappa shape index (κ2) is 11.9. The van der Waals surface area contributed by atoms with Gasteiger partial charge < -0.3 is 29.7 Å². The van der Waals surface area contributed by atoms with Crippen molar-refractivity contribution in [1.29, 1.82) is 0 Å². The summed E-state index contributed by atoms with van der Waals surface area (Å²) in [5.74, 6) is -2.50. The molecule has 39 heavy (non-hydrogen) atoms. The summed E-state index contributed by atoms with van der Waals surface area (Å²) in [6, 6.07) is 7.65. The van der Waals surface area contributed by atoms with Crippen molar-refractivity contribution in [3.8, 4) is 11.5 Å². The van der Waals surface area contributed by atoms with Crippen LogP contribution in [0.2, 0.25) is 10.0 Å². The van der Waals surface area contributed by atoms with Crippen molar-refractivity contribution < 1.29 is 37.4 Å². The van der Waals surface area contributed by atoms with Crippen molar-refractivity contribution in [2.24, 2.45) is 0 Å². The minimum Gasteiger partial charge on any atom is -0.484 e. The number of hydrogen-bond acceptors (Lipinski definition) is 6. The van der Waals surface area contributed by atoms with Gasteiger partial charge in [-0.2, -0.15) is 0 Å². The van der Waals surface area contributed by atoms with Crippen molar-refractivity contribution >= 4 is 40.9 Å². The van der Waals surface area contributed by atoms with Gasteiger partial charge in [-0.05, 0) is 49.9 Å². The number of fused-ring (bicyclic) bond motifs is 3. The zero-order valence-electron chi connectivity index (χ0n) is 21.0. The van der Waals surface area contributed by atoms with Crippen molar-refractivity contribution in [1.82, 2.24) is 15.5 Å². The number of carbonyl (C=O) groups excluding carboxylic acids is 3. The fraction of sp³-hybridized carbons (Fsp3) is 0.423. The molecule has 2 aliphatic heterocycles. The van der Waals surface area contributed by atoms with Gasteiger partial charge in [-0.25, -0.2) is 8.78 Å². The molecule has 2 heterocycles. The van der Waals surface area contributed by atoms with Crippen LogP contribution in [0.25, 0.3) is 0 Å². The van der Waals surface area contributed by atoms with Crippen LogP contribution in [-0.4, -0.2) is 67.3 Å². The van der Waals surface area contributed by atoms with Crippen molar-refractivity contribution in [3.05, 3.63) is 58.1 Å². The Balaban J connectivity index is 1.40. The third-order valence-electron chi connectivity index (χ3n) is 6.89. The Labute approximate surface area is 233 Å². The molecule has 3 amide bonds. The molecule has 2 saturated heterocycles. The van der Waals surface area contributed by atoms with E-state index in [1.807, 2.05) is 0 Å². The molecule has 2 N–H and O–H groups in total. The molecule has 1 aliphatic carbocycles. The Bertz CT molecular complexity index is 1260. The number of carbonyl (C=O) groups is 3. The summed E-state index contributed by atoms with van der Waals surface area (Å²) in [6.07, 6.45) is 1.29. The molecule has 2 bridgehead atoms. The van der Waals surface area contributed by atoms with E-state index < -0.39 is 47.9 Å². The quantitative estimate of drug-likeness (QED) is 0.418. The molecule has 3 aliphatic rings. The standard InChI is InChI=1S/C26H27Cl2F2N3O6/c1-37-11-10-33-24(36)25(31-22(34)14-38-16-2-4-18(27)20(29)12-16)6-8-26(33,9-7-25)32-23(35)15-39-17-3-5-19(28)21(30)13-17/h2-5,12-13H,6-11,14-15H2,1H3,(H,31,34)(H,32,35). The van der Waals surface area contributed by atoms with E-state index in [9.17, 15) is 23.2 Å². The van der Waals surface area contributed by atoms with Gasteiger partial charge in [-0.3, -0.25) is 14.4 Å². The molecule has 5 rings (SSSR count). The zero-order chi connectivity index (χ0) is 28.2. The molecule has 0 atom stereocenters. The maximum Gasteiger partial charge on any atom is 0.259 e. The Hall–Kier alpha value is -3.15. The number of halogens is 4. The molecule has 2 aromatic carbocycles. The lowest BCUT2D eigenvalue weighted by Crippen LogP contribution is -2.78. The predicted molar refractivity (Wildman–Crippen MR) is 138 cm³/mol. The van der Waals surface area contributed by atoms with Crippen LogP contribution in [0.4, 0.5) is 8.78 Å². The van der Waals surface area contributed by atoms with E-state index >= 15 is 0 Å². The van der Waals surface area contributed by atoms with Gasteiger partial charge in [0.15, 0.2) is 13.2 Å². The molecule has 3 fully saturated rings. The lowest BCUT2D eigenvalue weighted by atomic mass is 9.69. The zero-order valence-corrected chi connectivity index (χ0v) is 22.5. The van der Waals surface area contributed by atoms with Crippen molar-refractivity contribution in [3.63, 3.8) is 0 Å². The number of nitrogens with one attached hydrogen (secondary N) is 2. The van der Waals surface area contributed by atoms with Crippen LogP contribution in [0.5, 0.6) is 11.5 Å². The highest BCUT2D eigenvalue weighted by Crippen LogP contribution is 2.45. The van der Waals surface area contributed by atoms with Crippen LogP contribution in [0.1, 0.15) is 25.7 Å². The molecule has 1 saturated carbocycles. The number of rotatable bonds is 11. The van der Waals surface area contributed by atoms with Crippen molar-refractivity contribution in [2.75, 3.05) is 33.5 Å². The van der Waals surface area contributed by atoms with Crippen LogP contribution in [0.3, 0.4) is 0 Å². The normalized spacial score (nSPS) is 22.0. The second-order valence-corrected chi connectivity index (χ2v) is 10.2. The largest absolute Gasteiger partial charge is 0.484 e. The number of nitrogens with zero attached hydrogens (tertiary/aromatic N) is 1. The second-order valence-electron chi connectivity index (χ2n) is 9.39. The van der Waals surface area contributed by atoms with Crippen LogP contribution < -0.4 is 20.1 Å². The number of amides is 3. The summed E-state index contributed by atoms with van der Waals surface area (Å²) in [7, 11) is 1.49. The number of ether oxygens (including phenoxy) is 3. The first-order valence-electron chi connectivity index (χ1n) is 12.2. The average Bonchev–Trinajstić information content (AvgIpc) is 2.91. The molecule has 0 unspecified atom stereocenters. The highest BCUT2D eigenvalue weighted by atomic mass is 35.5. The van der Waals surface area contributed by atoms with Crippen LogP contribution >= 0.6 is 23.2 Å². The minimum absolute atomic E-state index is 0.0663. The highest BCUT2D eigenvalue weighted by Gasteiger charge is 2.59. The summed E-state index contributed by atoms with van der Waals surface area (Å²) in [6.45, 7) is -0.450. The first kappa shape index (κ1) is 28.8. The Kier molecular flexibility index (Phi) is 8.83. The summed E-state index contributed by atoms with van der Waals surface area (Å²) < 4.78 is 43.3. The summed E-state index contributed by atoms with van der Waals surface area (Å²) in [5, 5.41) is 5.58. The monoisotopic (exact) mass is 585 g/mol. The molecular formula is C26H27Cl2F2N3O6. The van der Waals surface area contributed by atoms with Crippen LogP contribution in [0, 0.1) is 11.6 Å². The summed E-state index contributed by atoms with van der Waals surface area (Å²) >= 11 is 11.3. The third kappa shape index (κ3) is 6.37. The van der Waals surface area contributed by atoms with Gasteiger partial charge in [0.1, 0.15) is 34.3 Å². The summed E-state index contributed by atoms with van der Waals surface area (Å²) in [5.41, 5.74) is -2.17. The van der Waals surface area contributed by atoms with Crippen LogP contribution in [0.15, 0.2) is 36.4 Å². The maximum absolute atomic E-state index is 13.7. The molecular weight excluding hydrogens is 559 g/mol. The van der Waals surface area contributed by atoms with E-state index in [1.165, 1.54) is 36.3 Å². The van der Waals surface area contributed by atoms with Gasteiger partial charge >= 0.3 is 0 Å². The van der Waals surface area contributed by atoms with E-state index in [0.717, 1.165) is 12.1 Å². The fourth-order valence-electron chi connectivity index (χ4n) is 4.93. The van der Waals surface area contributed by atoms with E-state index in [1.54, 1.807) is 0 Å². The molecule has 0 spiro atoms. The Morgan fingerprint density at radius 2 is 1.41 bits per heavy atom. The van der Waals surface area contributed by atoms with Gasteiger partial charge in [-0.1, -0.05) is 23.2 Å². The van der Waals surface area contributed by atoms with Gasteiger partial charge in [-0.15, -0.1) is 0 Å². The lowest BCUT2D eigenvalue weighted by molar-refractivity contribution is -0.170. The highest BCUT2D eigenvalue weighted by molar-refractivity contribution is 6.31. The number of methoxy groups -OCH3 is 1. The van der Waals surface area contributed by atoms with Gasteiger partial charge in [0.2, 0.25) is 5.91 Å². The molecule has 0 aromatic heterocycles. The Morgan fingerprint density at radius 3 is 1.90 bits per heavy atom. The minimum atomic E-state index is -1.18. The topological polar surface area (TPSA) is 106 Å². The molecule has 9 nitrogen and oxygen atoms in total. The van der Waals surface area contributed by atoms with E-state index in [0.29, 0.717) is 12.8 Å². The smallest absolute Gasteiger partial charge is 0.259 e. The van der Waals surface area contributed by atoms with Crippen LogP contribution in [-0.2, 0) is 19.1 Å². The summed E-state index contributed by atoms with van der Waals surface area (Å²) in [4.78, 5) is 40.7. The van der Waals surface area contributed by atoms with E-state index in [-0.39, 0.29) is 53.4 Å². The van der Waals surface area contributed by atoms with Gasteiger partial charge in [0, 0.05) is 25.8 Å². The third-order valence-corrected chi connectivity index (χ3v) is 7.51. The fourth-order valence-corrected chi connectivity index (χ4v) is 5.16. The maximum atomic E-state index is 13.7.